The van der Waals surface area contributed by atoms with Crippen molar-refractivity contribution in [2.24, 2.45) is 0 Å². The van der Waals surface area contributed by atoms with Crippen LogP contribution in [0.1, 0.15) is 17.4 Å². The Morgan fingerprint density at radius 1 is 1.26 bits per heavy atom. The minimum absolute atomic E-state index is 0.0268. The molecule has 2 aromatic rings. The second-order valence-corrected chi connectivity index (χ2v) is 3.94. The fraction of sp³-hybridized carbons (Fsp3) is 0.231. The number of hydrogen-bond acceptors (Lipinski definition) is 4. The predicted molar refractivity (Wildman–Crippen MR) is 63.6 cm³/mol. The first kappa shape index (κ1) is 13.4. The van der Waals surface area contributed by atoms with Crippen LogP contribution >= 0.6 is 0 Å². The summed E-state index contributed by atoms with van der Waals surface area (Å²) in [5, 5.41) is 9.95. The molecule has 1 heterocycles. The third-order valence-electron chi connectivity index (χ3n) is 2.63. The molecule has 0 fully saturated rings. The van der Waals surface area contributed by atoms with Crippen LogP contribution in [0.3, 0.4) is 0 Å². The first-order chi connectivity index (χ1) is 9.10. The smallest absolute Gasteiger partial charge is 0.216 e. The predicted octanol–water partition coefficient (Wildman–Crippen LogP) is 2.04. The Morgan fingerprint density at radius 3 is 2.74 bits per heavy atom. The van der Waals surface area contributed by atoms with Crippen molar-refractivity contribution in [3.63, 3.8) is 0 Å². The molecular weight excluding hydrogens is 254 g/mol. The summed E-state index contributed by atoms with van der Waals surface area (Å²) in [6, 6.07) is 4.60. The van der Waals surface area contributed by atoms with Crippen molar-refractivity contribution in [2.45, 2.75) is 12.5 Å². The molecule has 0 amide bonds. The number of benzene rings is 1. The van der Waals surface area contributed by atoms with Crippen LogP contribution in [-0.2, 0) is 6.42 Å². The van der Waals surface area contributed by atoms with E-state index in [1.54, 1.807) is 6.07 Å². The van der Waals surface area contributed by atoms with E-state index in [4.69, 9.17) is 4.74 Å². The van der Waals surface area contributed by atoms with Crippen LogP contribution < -0.4 is 4.74 Å². The topological polar surface area (TPSA) is 55.2 Å². The molecule has 0 aliphatic carbocycles. The summed E-state index contributed by atoms with van der Waals surface area (Å²) in [6.45, 7) is 0. The highest BCUT2D eigenvalue weighted by Gasteiger charge is 2.15. The quantitative estimate of drug-likeness (QED) is 0.920. The molecule has 4 nitrogen and oxygen atoms in total. The largest absolute Gasteiger partial charge is 0.481 e. The van der Waals surface area contributed by atoms with Gasteiger partial charge in [-0.25, -0.2) is 18.7 Å². The summed E-state index contributed by atoms with van der Waals surface area (Å²) in [4.78, 5) is 7.78. The summed E-state index contributed by atoms with van der Waals surface area (Å²) >= 11 is 0. The van der Waals surface area contributed by atoms with Crippen molar-refractivity contribution in [1.29, 1.82) is 0 Å². The molecule has 6 heteroatoms. The molecule has 19 heavy (non-hydrogen) atoms. The summed E-state index contributed by atoms with van der Waals surface area (Å²) in [5.41, 5.74) is 0.530. The van der Waals surface area contributed by atoms with E-state index < -0.39 is 17.7 Å². The Morgan fingerprint density at radius 2 is 2.05 bits per heavy atom. The van der Waals surface area contributed by atoms with Gasteiger partial charge in [-0.1, -0.05) is 6.07 Å². The van der Waals surface area contributed by atoms with Gasteiger partial charge in [-0.2, -0.15) is 0 Å². The van der Waals surface area contributed by atoms with Crippen molar-refractivity contribution >= 4 is 0 Å². The van der Waals surface area contributed by atoms with Gasteiger partial charge in [0.25, 0.3) is 0 Å². The van der Waals surface area contributed by atoms with E-state index in [0.717, 1.165) is 12.1 Å². The first-order valence-electron chi connectivity index (χ1n) is 5.58. The number of rotatable bonds is 4. The van der Waals surface area contributed by atoms with E-state index in [-0.39, 0.29) is 12.0 Å². The fourth-order valence-electron chi connectivity index (χ4n) is 1.68. The minimum atomic E-state index is -1.11. The Bertz CT molecular complexity index is 578. The molecule has 0 saturated heterocycles. The fourth-order valence-corrected chi connectivity index (χ4v) is 1.68. The lowest BCUT2D eigenvalue weighted by Gasteiger charge is -2.11. The third kappa shape index (κ3) is 3.23. The van der Waals surface area contributed by atoms with Crippen molar-refractivity contribution in [2.75, 3.05) is 7.11 Å². The van der Waals surface area contributed by atoms with Crippen LogP contribution in [0.2, 0.25) is 0 Å². The Balaban J connectivity index is 2.17. The van der Waals surface area contributed by atoms with Crippen molar-refractivity contribution in [3.8, 4) is 5.88 Å². The highest BCUT2D eigenvalue weighted by atomic mass is 19.1. The van der Waals surface area contributed by atoms with Gasteiger partial charge in [0.2, 0.25) is 5.88 Å². The normalized spacial score (nSPS) is 12.2. The average Bonchev–Trinajstić information content (AvgIpc) is 2.38. The number of methoxy groups -OCH3 is 1. The zero-order valence-corrected chi connectivity index (χ0v) is 10.2. The Labute approximate surface area is 108 Å². The monoisotopic (exact) mass is 266 g/mol. The molecule has 1 atom stereocenters. The van der Waals surface area contributed by atoms with E-state index in [1.807, 2.05) is 0 Å². The summed E-state index contributed by atoms with van der Waals surface area (Å²) in [6.07, 6.45) is 0.267. The number of halogens is 2. The van der Waals surface area contributed by atoms with Gasteiger partial charge in [-0.15, -0.1) is 0 Å². The molecule has 0 aliphatic heterocycles. The zero-order valence-electron chi connectivity index (χ0n) is 10.2. The average molecular weight is 266 g/mol. The second-order valence-electron chi connectivity index (χ2n) is 3.94. The van der Waals surface area contributed by atoms with Gasteiger partial charge in [-0.05, 0) is 6.07 Å². The molecule has 0 spiro atoms. The summed E-state index contributed by atoms with van der Waals surface area (Å²) in [7, 11) is 1.46. The molecule has 0 radical (unpaired) electrons. The van der Waals surface area contributed by atoms with Crippen molar-refractivity contribution in [1.82, 2.24) is 9.97 Å². The molecule has 0 saturated carbocycles. The molecule has 0 bridgehead atoms. The van der Waals surface area contributed by atoms with E-state index >= 15 is 0 Å². The number of aliphatic hydroxyl groups is 1. The molecular formula is C13H12F2N2O2. The van der Waals surface area contributed by atoms with Crippen LogP contribution in [0.4, 0.5) is 8.78 Å². The van der Waals surface area contributed by atoms with E-state index in [1.165, 1.54) is 19.5 Å². The molecule has 0 aliphatic rings. The minimum Gasteiger partial charge on any atom is -0.481 e. The number of aromatic nitrogens is 2. The lowest BCUT2D eigenvalue weighted by atomic mass is 10.0. The van der Waals surface area contributed by atoms with Gasteiger partial charge in [0.1, 0.15) is 18.0 Å². The first-order valence-corrected chi connectivity index (χ1v) is 5.58. The number of ether oxygens (including phenoxy) is 1. The lowest BCUT2D eigenvalue weighted by molar-refractivity contribution is 0.172. The third-order valence-corrected chi connectivity index (χ3v) is 2.63. The highest BCUT2D eigenvalue weighted by molar-refractivity contribution is 5.23. The van der Waals surface area contributed by atoms with Gasteiger partial charge in [0.15, 0.2) is 0 Å². The Hall–Kier alpha value is -2.08. The van der Waals surface area contributed by atoms with Gasteiger partial charge in [0, 0.05) is 24.1 Å². The number of nitrogens with zero attached hydrogens (tertiary/aromatic N) is 2. The van der Waals surface area contributed by atoms with Gasteiger partial charge in [-0.3, -0.25) is 0 Å². The van der Waals surface area contributed by atoms with Gasteiger partial charge < -0.3 is 9.84 Å². The maximum atomic E-state index is 13.5. The van der Waals surface area contributed by atoms with Gasteiger partial charge >= 0.3 is 0 Å². The number of hydrogen-bond donors (Lipinski definition) is 1. The second kappa shape index (κ2) is 5.71. The van der Waals surface area contributed by atoms with Crippen molar-refractivity contribution in [3.05, 3.63) is 53.5 Å². The van der Waals surface area contributed by atoms with E-state index in [0.29, 0.717) is 11.6 Å². The van der Waals surface area contributed by atoms with Crippen LogP contribution in [0.5, 0.6) is 5.88 Å². The maximum Gasteiger partial charge on any atom is 0.216 e. The van der Waals surface area contributed by atoms with Crippen LogP contribution in [0, 0.1) is 11.6 Å². The zero-order chi connectivity index (χ0) is 13.8. The molecule has 1 unspecified atom stereocenters. The Kier molecular flexibility index (Phi) is 4.01. The van der Waals surface area contributed by atoms with E-state index in [2.05, 4.69) is 9.97 Å². The van der Waals surface area contributed by atoms with Crippen LogP contribution in [-0.4, -0.2) is 22.2 Å². The van der Waals surface area contributed by atoms with E-state index in [9.17, 15) is 13.9 Å². The summed E-state index contributed by atoms with van der Waals surface area (Å²) in [5.74, 6) is -1.11. The molecule has 1 aromatic heterocycles. The summed E-state index contributed by atoms with van der Waals surface area (Å²) < 4.78 is 31.2. The SMILES string of the molecule is COc1cc(CC(O)c2ccc(F)cc2F)ncn1. The number of aliphatic hydroxyl groups excluding tert-OH is 1. The molecule has 1 N–H and O–H groups in total. The maximum absolute atomic E-state index is 13.5. The molecule has 2 rings (SSSR count). The molecule has 1 aromatic carbocycles. The highest BCUT2D eigenvalue weighted by Crippen LogP contribution is 2.21. The van der Waals surface area contributed by atoms with Crippen LogP contribution in [0.15, 0.2) is 30.6 Å². The van der Waals surface area contributed by atoms with Gasteiger partial charge in [0.05, 0.1) is 18.9 Å². The standard InChI is InChI=1S/C13H12F2N2O2/c1-19-13-6-9(16-7-17-13)5-12(18)10-3-2-8(14)4-11(10)15/h2-4,6-7,12,18H,5H2,1H3. The van der Waals surface area contributed by atoms with Crippen LogP contribution in [0.25, 0.3) is 0 Å². The van der Waals surface area contributed by atoms with Crippen molar-refractivity contribution < 1.29 is 18.6 Å². The molecule has 100 valence electrons. The lowest BCUT2D eigenvalue weighted by Crippen LogP contribution is -2.06.